The van der Waals surface area contributed by atoms with Crippen molar-refractivity contribution < 1.29 is 18.9 Å². The molecule has 0 radical (unpaired) electrons. The summed E-state index contributed by atoms with van der Waals surface area (Å²) >= 11 is 0. The van der Waals surface area contributed by atoms with Crippen molar-refractivity contribution in [3.8, 4) is 5.75 Å². The molecule has 0 spiro atoms. The zero-order valence-corrected chi connectivity index (χ0v) is 13.3. The van der Waals surface area contributed by atoms with E-state index in [4.69, 9.17) is 9.79 Å². The molecule has 21 heavy (non-hydrogen) atoms. The number of benzene rings is 1. The highest BCUT2D eigenvalue weighted by Crippen LogP contribution is 2.38. The fraction of sp³-hybridized carbons (Fsp3) is 0.429. The minimum Gasteiger partial charge on any atom is -0.404 e. The van der Waals surface area contributed by atoms with Crippen molar-refractivity contribution in [2.75, 3.05) is 13.6 Å². The number of phosphoric ester groups is 1. The number of H-pyrrole nitrogens is 1. The largest absolute Gasteiger partial charge is 0.524 e. The molecule has 7 heteroatoms. The third kappa shape index (κ3) is 4.32. The maximum absolute atomic E-state index is 10.9. The summed E-state index contributed by atoms with van der Waals surface area (Å²) in [6.45, 7) is 5.19. The van der Waals surface area contributed by atoms with Gasteiger partial charge in [-0.25, -0.2) is 4.57 Å². The van der Waals surface area contributed by atoms with Crippen LogP contribution in [0.5, 0.6) is 5.75 Å². The van der Waals surface area contributed by atoms with Crippen molar-refractivity contribution in [1.29, 1.82) is 0 Å². The number of aromatic amines is 1. The molecular formula is C14H21N2O4P. The van der Waals surface area contributed by atoms with Crippen LogP contribution in [0.4, 0.5) is 0 Å². The van der Waals surface area contributed by atoms with Crippen molar-refractivity contribution in [3.63, 3.8) is 0 Å². The molecule has 0 aliphatic carbocycles. The molecule has 3 N–H and O–H groups in total. The Kier molecular flexibility index (Phi) is 4.74. The Bertz CT molecular complexity index is 662. The van der Waals surface area contributed by atoms with Crippen LogP contribution in [0.1, 0.15) is 19.4 Å². The van der Waals surface area contributed by atoms with E-state index in [1.54, 1.807) is 18.2 Å². The molecule has 6 nitrogen and oxygen atoms in total. The van der Waals surface area contributed by atoms with Gasteiger partial charge in [0, 0.05) is 29.7 Å². The number of fused-ring (bicyclic) bond motifs is 1. The molecule has 2 aromatic rings. The van der Waals surface area contributed by atoms with Crippen LogP contribution in [-0.2, 0) is 11.0 Å². The number of rotatable bonds is 6. The van der Waals surface area contributed by atoms with Gasteiger partial charge in [-0.2, -0.15) is 0 Å². The van der Waals surface area contributed by atoms with E-state index in [9.17, 15) is 4.57 Å². The Labute approximate surface area is 124 Å². The van der Waals surface area contributed by atoms with Gasteiger partial charge in [-0.05, 0) is 51.1 Å². The number of hydrogen-bond acceptors (Lipinski definition) is 3. The Hall–Kier alpha value is -1.33. The van der Waals surface area contributed by atoms with Gasteiger partial charge in [-0.15, -0.1) is 0 Å². The quantitative estimate of drug-likeness (QED) is 0.714. The van der Waals surface area contributed by atoms with Crippen LogP contribution in [-0.4, -0.2) is 39.3 Å². The fourth-order valence-electron chi connectivity index (χ4n) is 2.11. The second kappa shape index (κ2) is 6.20. The summed E-state index contributed by atoms with van der Waals surface area (Å²) in [6, 6.07) is 5.44. The van der Waals surface area contributed by atoms with Crippen molar-refractivity contribution in [3.05, 3.63) is 30.0 Å². The van der Waals surface area contributed by atoms with E-state index in [0.717, 1.165) is 29.4 Å². The zero-order chi connectivity index (χ0) is 15.6. The van der Waals surface area contributed by atoms with Crippen LogP contribution in [0.3, 0.4) is 0 Å². The predicted molar refractivity (Wildman–Crippen MR) is 82.4 cm³/mol. The Morgan fingerprint density at radius 1 is 1.38 bits per heavy atom. The zero-order valence-electron chi connectivity index (χ0n) is 12.4. The normalized spacial score (nSPS) is 12.5. The number of phosphoric acid groups is 1. The molecule has 0 atom stereocenters. The van der Waals surface area contributed by atoms with Gasteiger partial charge in [0.1, 0.15) is 5.75 Å². The summed E-state index contributed by atoms with van der Waals surface area (Å²) in [5, 5.41) is 0.929. The van der Waals surface area contributed by atoms with Crippen molar-refractivity contribution in [1.82, 2.24) is 9.88 Å². The van der Waals surface area contributed by atoms with Crippen molar-refractivity contribution in [2.24, 2.45) is 0 Å². The fourth-order valence-corrected chi connectivity index (χ4v) is 2.50. The average molecular weight is 312 g/mol. The molecule has 0 aliphatic rings. The van der Waals surface area contributed by atoms with Crippen LogP contribution < -0.4 is 4.52 Å². The third-order valence-corrected chi connectivity index (χ3v) is 4.03. The highest BCUT2D eigenvalue weighted by molar-refractivity contribution is 7.46. The van der Waals surface area contributed by atoms with Crippen LogP contribution in [0.15, 0.2) is 24.4 Å². The molecule has 116 valence electrons. The number of nitrogens with zero attached hydrogens (tertiary/aromatic N) is 1. The smallest absolute Gasteiger partial charge is 0.404 e. The van der Waals surface area contributed by atoms with Crippen LogP contribution in [0.2, 0.25) is 0 Å². The molecule has 1 aromatic heterocycles. The van der Waals surface area contributed by atoms with Crippen LogP contribution in [0.25, 0.3) is 10.9 Å². The molecule has 0 amide bonds. The topological polar surface area (TPSA) is 85.8 Å². The summed E-state index contributed by atoms with van der Waals surface area (Å²) in [4.78, 5) is 23.2. The van der Waals surface area contributed by atoms with E-state index in [1.807, 2.05) is 6.20 Å². The minimum atomic E-state index is -4.52. The average Bonchev–Trinajstić information content (AvgIpc) is 2.76. The highest BCUT2D eigenvalue weighted by Gasteiger charge is 2.16. The lowest BCUT2D eigenvalue weighted by atomic mass is 10.1. The first-order valence-corrected chi connectivity index (χ1v) is 8.34. The highest BCUT2D eigenvalue weighted by atomic mass is 31.2. The summed E-state index contributed by atoms with van der Waals surface area (Å²) in [5.41, 5.74) is 2.03. The second-order valence-electron chi connectivity index (χ2n) is 5.43. The first kappa shape index (κ1) is 16.0. The third-order valence-electron chi connectivity index (χ3n) is 3.58. The molecule has 0 fully saturated rings. The molecule has 2 rings (SSSR count). The molecule has 0 saturated carbocycles. The minimum absolute atomic E-state index is 0.175. The summed E-state index contributed by atoms with van der Waals surface area (Å²) < 4.78 is 15.5. The van der Waals surface area contributed by atoms with Gasteiger partial charge in [0.05, 0.1) is 0 Å². The molecule has 0 unspecified atom stereocenters. The van der Waals surface area contributed by atoms with Gasteiger partial charge in [-0.1, -0.05) is 0 Å². The van der Waals surface area contributed by atoms with Crippen LogP contribution in [0, 0.1) is 0 Å². The summed E-state index contributed by atoms with van der Waals surface area (Å²) in [7, 11) is -2.45. The molecule has 0 bridgehead atoms. The molecular weight excluding hydrogens is 291 g/mol. The number of nitrogens with one attached hydrogen (secondary N) is 1. The maximum atomic E-state index is 10.9. The Morgan fingerprint density at radius 2 is 2.10 bits per heavy atom. The number of likely N-dealkylation sites (N-methyl/N-ethyl adjacent to an activating group) is 1. The first-order valence-electron chi connectivity index (χ1n) is 6.81. The van der Waals surface area contributed by atoms with E-state index < -0.39 is 7.82 Å². The van der Waals surface area contributed by atoms with Crippen molar-refractivity contribution in [2.45, 2.75) is 26.3 Å². The van der Waals surface area contributed by atoms with Gasteiger partial charge in [0.15, 0.2) is 0 Å². The SMILES string of the molecule is CC(C)N(C)CCc1c[nH]c2ccc(OP(=O)(O)O)cc12. The van der Waals surface area contributed by atoms with E-state index >= 15 is 0 Å². The van der Waals surface area contributed by atoms with E-state index in [0.29, 0.717) is 6.04 Å². The van der Waals surface area contributed by atoms with Crippen LogP contribution >= 0.6 is 7.82 Å². The lowest BCUT2D eigenvalue weighted by Crippen LogP contribution is -2.28. The monoisotopic (exact) mass is 312 g/mol. The van der Waals surface area contributed by atoms with Gasteiger partial charge < -0.3 is 14.4 Å². The van der Waals surface area contributed by atoms with Gasteiger partial charge in [0.2, 0.25) is 0 Å². The van der Waals surface area contributed by atoms with Gasteiger partial charge >= 0.3 is 7.82 Å². The van der Waals surface area contributed by atoms with Gasteiger partial charge in [0.25, 0.3) is 0 Å². The lowest BCUT2D eigenvalue weighted by molar-refractivity contribution is 0.277. The standard InChI is InChI=1S/C14H21N2O4P/c1-10(2)16(3)7-6-11-9-15-14-5-4-12(8-13(11)14)20-21(17,18)19/h4-5,8-10,15H,6-7H2,1-3H3,(H2,17,18,19). The van der Waals surface area contributed by atoms with E-state index in [2.05, 4.69) is 35.3 Å². The molecule has 1 heterocycles. The summed E-state index contributed by atoms with van der Waals surface area (Å²) in [6.07, 6.45) is 2.79. The van der Waals surface area contributed by atoms with E-state index in [-0.39, 0.29) is 5.75 Å². The summed E-state index contributed by atoms with van der Waals surface area (Å²) in [5.74, 6) is 0.175. The molecule has 0 aliphatic heterocycles. The van der Waals surface area contributed by atoms with E-state index in [1.165, 1.54) is 0 Å². The molecule has 0 saturated heterocycles. The number of hydrogen-bond donors (Lipinski definition) is 3. The maximum Gasteiger partial charge on any atom is 0.524 e. The predicted octanol–water partition coefficient (Wildman–Crippen LogP) is 2.52. The molecule has 1 aromatic carbocycles. The lowest BCUT2D eigenvalue weighted by Gasteiger charge is -2.20. The first-order chi connectivity index (χ1) is 9.76. The van der Waals surface area contributed by atoms with Crippen molar-refractivity contribution >= 4 is 18.7 Å². The Morgan fingerprint density at radius 3 is 2.71 bits per heavy atom. The Balaban J connectivity index is 2.21. The second-order valence-corrected chi connectivity index (χ2v) is 6.59. The van der Waals surface area contributed by atoms with Gasteiger partial charge in [-0.3, -0.25) is 9.79 Å². The number of aromatic nitrogens is 1.